The third-order valence-electron chi connectivity index (χ3n) is 5.95. The van der Waals surface area contributed by atoms with Gasteiger partial charge >= 0.3 is 5.97 Å². The number of carbonyl (C=O) groups excluding carboxylic acids is 1. The molecule has 0 bridgehead atoms. The fourth-order valence-electron chi connectivity index (χ4n) is 4.18. The predicted molar refractivity (Wildman–Crippen MR) is 127 cm³/mol. The van der Waals surface area contributed by atoms with Crippen LogP contribution in [-0.2, 0) is 4.79 Å². The summed E-state index contributed by atoms with van der Waals surface area (Å²) in [4.78, 5) is 33.3. The van der Waals surface area contributed by atoms with Crippen molar-refractivity contribution in [2.24, 2.45) is 5.41 Å². The van der Waals surface area contributed by atoms with Crippen molar-refractivity contribution in [2.45, 2.75) is 19.8 Å². The SMILES string of the molecule is CC(C)(C(=O)Nc1ncns1)[C@H]1c2ccccc2Oc2nc(-c3ccc(C(=O)O)cc3)ccc21. The van der Waals surface area contributed by atoms with Crippen LogP contribution in [0.4, 0.5) is 5.13 Å². The summed E-state index contributed by atoms with van der Waals surface area (Å²) >= 11 is 1.12. The van der Waals surface area contributed by atoms with Gasteiger partial charge in [-0.3, -0.25) is 4.79 Å². The zero-order valence-corrected chi connectivity index (χ0v) is 19.2. The van der Waals surface area contributed by atoms with Gasteiger partial charge in [0, 0.05) is 34.1 Å². The third-order valence-corrected chi connectivity index (χ3v) is 6.53. The summed E-state index contributed by atoms with van der Waals surface area (Å²) in [6, 6.07) is 17.9. The summed E-state index contributed by atoms with van der Waals surface area (Å²) in [5.41, 5.74) is 2.43. The van der Waals surface area contributed by atoms with Gasteiger partial charge in [-0.15, -0.1) is 0 Å². The number of aromatic carboxylic acids is 1. The maximum absolute atomic E-state index is 13.3. The molecule has 0 radical (unpaired) electrons. The van der Waals surface area contributed by atoms with E-state index in [1.165, 1.54) is 6.33 Å². The molecule has 4 aromatic rings. The molecule has 0 aliphatic carbocycles. The number of carbonyl (C=O) groups is 2. The number of anilines is 1. The van der Waals surface area contributed by atoms with E-state index in [1.54, 1.807) is 24.3 Å². The molecule has 34 heavy (non-hydrogen) atoms. The molecule has 1 aliphatic rings. The van der Waals surface area contributed by atoms with Gasteiger partial charge < -0.3 is 15.2 Å². The number of carboxylic acids is 1. The van der Waals surface area contributed by atoms with E-state index in [-0.39, 0.29) is 17.4 Å². The van der Waals surface area contributed by atoms with Crippen molar-refractivity contribution in [2.75, 3.05) is 5.32 Å². The molecular weight excluding hydrogens is 452 g/mol. The van der Waals surface area contributed by atoms with Crippen LogP contribution < -0.4 is 10.1 Å². The Hall–Kier alpha value is -4.11. The van der Waals surface area contributed by atoms with Crippen molar-refractivity contribution in [3.63, 3.8) is 0 Å². The predicted octanol–water partition coefficient (Wildman–Crippen LogP) is 5.20. The number of hydrogen-bond donors (Lipinski definition) is 2. The Morgan fingerprint density at radius 2 is 1.79 bits per heavy atom. The van der Waals surface area contributed by atoms with Gasteiger partial charge in [0.2, 0.25) is 16.9 Å². The quantitative estimate of drug-likeness (QED) is 0.410. The number of pyridine rings is 1. The van der Waals surface area contributed by atoms with E-state index >= 15 is 0 Å². The number of nitrogens with one attached hydrogen (secondary N) is 1. The van der Waals surface area contributed by atoms with Crippen molar-refractivity contribution in [1.82, 2.24) is 14.3 Å². The number of nitrogens with zero attached hydrogens (tertiary/aromatic N) is 3. The smallest absolute Gasteiger partial charge is 0.335 e. The second-order valence-corrected chi connectivity index (χ2v) is 9.25. The fraction of sp³-hybridized carbons (Fsp3) is 0.160. The summed E-state index contributed by atoms with van der Waals surface area (Å²) in [7, 11) is 0. The van der Waals surface area contributed by atoms with E-state index in [9.17, 15) is 9.59 Å². The molecule has 1 aliphatic heterocycles. The van der Waals surface area contributed by atoms with Gasteiger partial charge in [0.15, 0.2) is 0 Å². The van der Waals surface area contributed by atoms with Crippen LogP contribution >= 0.6 is 11.5 Å². The first-order valence-electron chi connectivity index (χ1n) is 10.5. The van der Waals surface area contributed by atoms with Crippen LogP contribution in [0.3, 0.4) is 0 Å². The zero-order valence-electron chi connectivity index (χ0n) is 18.4. The van der Waals surface area contributed by atoms with Crippen LogP contribution in [0.2, 0.25) is 0 Å². The monoisotopic (exact) mass is 472 g/mol. The molecule has 0 saturated heterocycles. The van der Waals surface area contributed by atoms with Crippen molar-refractivity contribution < 1.29 is 19.4 Å². The topological polar surface area (TPSA) is 114 Å². The number of rotatable bonds is 5. The van der Waals surface area contributed by atoms with Crippen LogP contribution in [0.5, 0.6) is 11.6 Å². The first kappa shape index (κ1) is 21.7. The summed E-state index contributed by atoms with van der Waals surface area (Å²) in [6.45, 7) is 3.77. The number of carboxylic acid groups (broad SMARTS) is 1. The molecule has 3 heterocycles. The number of ether oxygens (including phenoxy) is 1. The molecule has 8 nitrogen and oxygen atoms in total. The van der Waals surface area contributed by atoms with Crippen molar-refractivity contribution in [3.8, 4) is 22.9 Å². The lowest BCUT2D eigenvalue weighted by atomic mass is 9.69. The first-order chi connectivity index (χ1) is 16.3. The number of para-hydroxylation sites is 1. The fourth-order valence-corrected chi connectivity index (χ4v) is 4.60. The van der Waals surface area contributed by atoms with E-state index in [1.807, 2.05) is 50.2 Å². The van der Waals surface area contributed by atoms with Crippen molar-refractivity contribution in [1.29, 1.82) is 0 Å². The van der Waals surface area contributed by atoms with Crippen LogP contribution in [-0.4, -0.2) is 31.3 Å². The van der Waals surface area contributed by atoms with Gasteiger partial charge in [0.05, 0.1) is 16.7 Å². The van der Waals surface area contributed by atoms with E-state index in [4.69, 9.17) is 14.8 Å². The molecule has 9 heteroatoms. The van der Waals surface area contributed by atoms with Crippen LogP contribution in [0.1, 0.15) is 41.3 Å². The van der Waals surface area contributed by atoms with Gasteiger partial charge in [-0.05, 0) is 24.3 Å². The number of benzene rings is 2. The van der Waals surface area contributed by atoms with Crippen LogP contribution in [0.25, 0.3) is 11.3 Å². The van der Waals surface area contributed by atoms with Gasteiger partial charge in [0.1, 0.15) is 12.1 Å². The Bertz CT molecular complexity index is 1380. The van der Waals surface area contributed by atoms with E-state index in [2.05, 4.69) is 14.7 Å². The average molecular weight is 473 g/mol. The number of amides is 1. The molecule has 2 N–H and O–H groups in total. The van der Waals surface area contributed by atoms with Crippen LogP contribution in [0.15, 0.2) is 67.0 Å². The summed E-state index contributed by atoms with van der Waals surface area (Å²) < 4.78 is 10.1. The van der Waals surface area contributed by atoms with Gasteiger partial charge in [0.25, 0.3) is 0 Å². The maximum Gasteiger partial charge on any atom is 0.335 e. The molecule has 0 spiro atoms. The highest BCUT2D eigenvalue weighted by Gasteiger charge is 2.44. The van der Waals surface area contributed by atoms with Crippen LogP contribution in [0, 0.1) is 5.41 Å². The van der Waals surface area contributed by atoms with E-state index in [0.717, 1.165) is 28.2 Å². The highest BCUT2D eigenvalue weighted by atomic mass is 32.1. The molecule has 1 atom stereocenters. The molecule has 0 fully saturated rings. The largest absolute Gasteiger partial charge is 0.478 e. The molecule has 5 rings (SSSR count). The molecule has 0 saturated carbocycles. The average Bonchev–Trinajstić information content (AvgIpc) is 3.35. The highest BCUT2D eigenvalue weighted by Crippen LogP contribution is 2.51. The number of fused-ring (bicyclic) bond motifs is 2. The standard InChI is InChI=1S/C25H20N4O4S/c1-25(2,23(32)29-24-26-13-27-34-24)20-16-5-3-4-6-19(16)33-21-17(20)11-12-18(28-21)14-7-9-15(10-8-14)22(30)31/h3-13,20H,1-2H3,(H,30,31)(H,26,27,29,32)/t20-/m0/s1. The van der Waals surface area contributed by atoms with Gasteiger partial charge in [-0.2, -0.15) is 4.37 Å². The Balaban J connectivity index is 1.56. The normalized spacial score (nSPS) is 14.5. The second-order valence-electron chi connectivity index (χ2n) is 8.47. The Kier molecular flexibility index (Phi) is 5.33. The van der Waals surface area contributed by atoms with Gasteiger partial charge in [-0.25, -0.2) is 14.8 Å². The Morgan fingerprint density at radius 1 is 1.03 bits per heavy atom. The lowest BCUT2D eigenvalue weighted by Gasteiger charge is -2.37. The molecule has 1 amide bonds. The molecule has 2 aromatic heterocycles. The Labute approximate surface area is 199 Å². The summed E-state index contributed by atoms with van der Waals surface area (Å²) in [5.74, 6) is -0.439. The lowest BCUT2D eigenvalue weighted by molar-refractivity contribution is -0.124. The van der Waals surface area contributed by atoms with Gasteiger partial charge in [-0.1, -0.05) is 50.2 Å². The second kappa shape index (κ2) is 8.35. The Morgan fingerprint density at radius 3 is 2.50 bits per heavy atom. The molecule has 2 aromatic carbocycles. The minimum atomic E-state index is -0.984. The zero-order chi connectivity index (χ0) is 23.9. The minimum Gasteiger partial charge on any atom is -0.478 e. The number of aromatic nitrogens is 3. The first-order valence-corrected chi connectivity index (χ1v) is 11.3. The lowest BCUT2D eigenvalue weighted by Crippen LogP contribution is -2.38. The highest BCUT2D eigenvalue weighted by molar-refractivity contribution is 7.09. The summed E-state index contributed by atoms with van der Waals surface area (Å²) in [5, 5.41) is 12.5. The molecular formula is C25H20N4O4S. The van der Waals surface area contributed by atoms with E-state index in [0.29, 0.717) is 22.5 Å². The minimum absolute atomic E-state index is 0.190. The van der Waals surface area contributed by atoms with Crippen molar-refractivity contribution in [3.05, 3.63) is 83.7 Å². The van der Waals surface area contributed by atoms with Crippen molar-refractivity contribution >= 4 is 28.5 Å². The summed E-state index contributed by atoms with van der Waals surface area (Å²) in [6.07, 6.45) is 1.40. The molecule has 0 unspecified atom stereocenters. The van der Waals surface area contributed by atoms with E-state index < -0.39 is 11.4 Å². The number of hydrogen-bond acceptors (Lipinski definition) is 7. The maximum atomic E-state index is 13.3. The molecule has 170 valence electrons. The third kappa shape index (κ3) is 3.80.